The number of nitrogens with zero attached hydrogens (tertiary/aromatic N) is 2. The summed E-state index contributed by atoms with van der Waals surface area (Å²) < 4.78 is 7.21. The Morgan fingerprint density at radius 3 is 2.56 bits per heavy atom. The van der Waals surface area contributed by atoms with Crippen molar-refractivity contribution in [1.82, 2.24) is 9.88 Å². The highest BCUT2D eigenvalue weighted by Crippen LogP contribution is 2.41. The molecule has 1 aromatic carbocycles. The summed E-state index contributed by atoms with van der Waals surface area (Å²) in [6.07, 6.45) is 4.51. The first-order chi connectivity index (χ1) is 15.0. The summed E-state index contributed by atoms with van der Waals surface area (Å²) in [6, 6.07) is 3.48. The van der Waals surface area contributed by atoms with Gasteiger partial charge in [0.15, 0.2) is 0 Å². The fourth-order valence-electron chi connectivity index (χ4n) is 4.22. The molecule has 8 nitrogen and oxygen atoms in total. The van der Waals surface area contributed by atoms with Crippen LogP contribution in [0.15, 0.2) is 23.1 Å². The van der Waals surface area contributed by atoms with E-state index in [2.05, 4.69) is 10.2 Å². The number of nitrogens with one attached hydrogen (secondary N) is 1. The van der Waals surface area contributed by atoms with Crippen LogP contribution in [0.1, 0.15) is 62.9 Å². The normalized spacial score (nSPS) is 19.1. The lowest BCUT2D eigenvalue weighted by atomic mass is 10.0. The monoisotopic (exact) mass is 461 g/mol. The van der Waals surface area contributed by atoms with Gasteiger partial charge in [-0.2, -0.15) is 0 Å². The predicted octanol–water partition coefficient (Wildman–Crippen LogP) is 4.18. The van der Waals surface area contributed by atoms with Crippen LogP contribution in [0, 0.1) is 0 Å². The third-order valence-corrected chi connectivity index (χ3v) is 6.14. The summed E-state index contributed by atoms with van der Waals surface area (Å²) >= 11 is 6.84. The number of amides is 1. The number of halogens is 1. The van der Waals surface area contributed by atoms with Crippen LogP contribution in [-0.2, 0) is 4.74 Å². The number of fused-ring (bicyclic) bond motifs is 1. The number of ether oxygens (including phenoxy) is 1. The van der Waals surface area contributed by atoms with Crippen molar-refractivity contribution < 1.29 is 19.4 Å². The second kappa shape index (κ2) is 8.31. The highest BCUT2D eigenvalue weighted by Gasteiger charge is 2.30. The highest BCUT2D eigenvalue weighted by molar-refractivity contribution is 6.38. The number of hydrogen-bond donors (Lipinski definition) is 2. The summed E-state index contributed by atoms with van der Waals surface area (Å²) in [6.45, 7) is 6.79. The number of piperidine rings is 1. The molecule has 1 aromatic heterocycles. The van der Waals surface area contributed by atoms with Gasteiger partial charge in [-0.05, 0) is 58.6 Å². The number of hydrogen-bond acceptors (Lipinski definition) is 5. The molecule has 2 aromatic rings. The molecule has 0 unspecified atom stereocenters. The first kappa shape index (κ1) is 22.5. The van der Waals surface area contributed by atoms with E-state index >= 15 is 0 Å². The van der Waals surface area contributed by atoms with Crippen LogP contribution in [0.5, 0.6) is 0 Å². The summed E-state index contributed by atoms with van der Waals surface area (Å²) in [7, 11) is 0. The molecule has 0 spiro atoms. The highest BCUT2D eigenvalue weighted by atomic mass is 35.5. The molecule has 2 heterocycles. The van der Waals surface area contributed by atoms with Gasteiger partial charge < -0.3 is 24.6 Å². The molecule has 9 heteroatoms. The molecule has 2 N–H and O–H groups in total. The van der Waals surface area contributed by atoms with E-state index in [1.54, 1.807) is 12.1 Å². The second-order valence-corrected chi connectivity index (χ2v) is 9.92. The van der Waals surface area contributed by atoms with E-state index < -0.39 is 23.1 Å². The first-order valence-electron chi connectivity index (χ1n) is 10.9. The van der Waals surface area contributed by atoms with Gasteiger partial charge >= 0.3 is 12.1 Å². The number of aromatic nitrogens is 1. The zero-order valence-corrected chi connectivity index (χ0v) is 19.2. The van der Waals surface area contributed by atoms with E-state index in [1.807, 2.05) is 25.3 Å². The topological polar surface area (TPSA) is 101 Å². The Kier molecular flexibility index (Phi) is 5.83. The number of carbonyl (C=O) groups is 2. The van der Waals surface area contributed by atoms with Crippen molar-refractivity contribution in [3.63, 3.8) is 0 Å². The largest absolute Gasteiger partial charge is 0.477 e. The second-order valence-electron chi connectivity index (χ2n) is 9.54. The van der Waals surface area contributed by atoms with E-state index in [9.17, 15) is 19.5 Å². The van der Waals surface area contributed by atoms with E-state index in [0.717, 1.165) is 37.9 Å². The van der Waals surface area contributed by atoms with Gasteiger partial charge in [-0.3, -0.25) is 4.79 Å². The zero-order valence-electron chi connectivity index (χ0n) is 18.5. The van der Waals surface area contributed by atoms with Crippen LogP contribution in [-0.4, -0.2) is 46.5 Å². The van der Waals surface area contributed by atoms with E-state index in [-0.39, 0.29) is 17.6 Å². The first-order valence-corrected chi connectivity index (χ1v) is 11.3. The van der Waals surface area contributed by atoms with Gasteiger partial charge in [-0.1, -0.05) is 11.6 Å². The molecule has 0 radical (unpaired) electrons. The number of carbonyl (C=O) groups excluding carboxylic acids is 1. The maximum atomic E-state index is 12.8. The minimum absolute atomic E-state index is 0.0922. The Hall–Kier alpha value is -2.74. The maximum absolute atomic E-state index is 12.8. The van der Waals surface area contributed by atoms with Crippen molar-refractivity contribution in [3.8, 4) is 0 Å². The minimum atomic E-state index is -1.24. The number of alkyl carbamates (subject to hydrolysis) is 1. The minimum Gasteiger partial charge on any atom is -0.477 e. The number of anilines is 1. The Labute approximate surface area is 191 Å². The Morgan fingerprint density at radius 1 is 1.22 bits per heavy atom. The van der Waals surface area contributed by atoms with E-state index in [1.165, 1.54) is 6.20 Å². The van der Waals surface area contributed by atoms with Crippen LogP contribution in [0.4, 0.5) is 10.5 Å². The third kappa shape index (κ3) is 4.55. The van der Waals surface area contributed by atoms with Gasteiger partial charge in [-0.25, -0.2) is 9.59 Å². The van der Waals surface area contributed by atoms with Gasteiger partial charge in [0.2, 0.25) is 5.43 Å². The molecule has 32 heavy (non-hydrogen) atoms. The summed E-state index contributed by atoms with van der Waals surface area (Å²) in [5.74, 6) is -1.24. The Bertz CT molecular complexity index is 1130. The maximum Gasteiger partial charge on any atom is 0.407 e. The Balaban J connectivity index is 1.66. The lowest BCUT2D eigenvalue weighted by molar-refractivity contribution is 0.0499. The number of carboxylic acids is 1. The average molecular weight is 462 g/mol. The van der Waals surface area contributed by atoms with Crippen LogP contribution < -0.4 is 15.6 Å². The van der Waals surface area contributed by atoms with Gasteiger partial charge in [-0.15, -0.1) is 0 Å². The Morgan fingerprint density at radius 2 is 1.94 bits per heavy atom. The van der Waals surface area contributed by atoms with Gasteiger partial charge in [0.1, 0.15) is 11.2 Å². The summed E-state index contributed by atoms with van der Waals surface area (Å²) in [5.41, 5.74) is 0.00543. The lowest BCUT2D eigenvalue weighted by Crippen LogP contribution is -2.49. The fraction of sp³-hybridized carbons (Fsp3) is 0.522. The SMILES string of the molecule is CC(C)(C)OC(=O)N[C@H]1CCCN(c2ccc3c(=O)c(C(=O)O)cn(C4CC4)c3c2Cl)C1. The van der Waals surface area contributed by atoms with Crippen LogP contribution in [0.25, 0.3) is 10.9 Å². The molecule has 1 aliphatic carbocycles. The smallest absolute Gasteiger partial charge is 0.407 e. The predicted molar refractivity (Wildman–Crippen MR) is 123 cm³/mol. The number of aromatic carboxylic acids is 1. The molecule has 4 rings (SSSR count). The van der Waals surface area contributed by atoms with Gasteiger partial charge in [0, 0.05) is 36.8 Å². The van der Waals surface area contributed by atoms with Crippen molar-refractivity contribution in [2.75, 3.05) is 18.0 Å². The molecule has 1 aliphatic heterocycles. The fourth-order valence-corrected chi connectivity index (χ4v) is 4.60. The van der Waals surface area contributed by atoms with E-state index in [0.29, 0.717) is 22.5 Å². The molecular weight excluding hydrogens is 434 g/mol. The molecular formula is C23H28ClN3O5. The molecule has 1 saturated heterocycles. The molecule has 1 atom stereocenters. The number of rotatable bonds is 4. The van der Waals surface area contributed by atoms with Gasteiger partial charge in [0.05, 0.1) is 16.2 Å². The third-order valence-electron chi connectivity index (χ3n) is 5.77. The van der Waals surface area contributed by atoms with Crippen LogP contribution >= 0.6 is 11.6 Å². The van der Waals surface area contributed by atoms with Crippen molar-refractivity contribution in [3.05, 3.63) is 39.1 Å². The van der Waals surface area contributed by atoms with Gasteiger partial charge in [0.25, 0.3) is 0 Å². The number of carboxylic acid groups (broad SMARTS) is 1. The van der Waals surface area contributed by atoms with Crippen LogP contribution in [0.2, 0.25) is 5.02 Å². The molecule has 1 amide bonds. The van der Waals surface area contributed by atoms with Crippen molar-refractivity contribution in [1.29, 1.82) is 0 Å². The lowest BCUT2D eigenvalue weighted by Gasteiger charge is -2.35. The molecule has 172 valence electrons. The zero-order chi connectivity index (χ0) is 23.2. The summed E-state index contributed by atoms with van der Waals surface area (Å²) in [5, 5.41) is 13.1. The van der Waals surface area contributed by atoms with Crippen molar-refractivity contribution >= 4 is 40.3 Å². The summed E-state index contributed by atoms with van der Waals surface area (Å²) in [4.78, 5) is 38.6. The quantitative estimate of drug-likeness (QED) is 0.708. The number of benzene rings is 1. The molecule has 1 saturated carbocycles. The van der Waals surface area contributed by atoms with Crippen LogP contribution in [0.3, 0.4) is 0 Å². The molecule has 0 bridgehead atoms. The average Bonchev–Trinajstić information content (AvgIpc) is 3.52. The molecule has 2 aliphatic rings. The van der Waals surface area contributed by atoms with E-state index in [4.69, 9.17) is 16.3 Å². The van der Waals surface area contributed by atoms with Crippen molar-refractivity contribution in [2.24, 2.45) is 0 Å². The molecule has 2 fully saturated rings. The standard InChI is InChI=1S/C23H28ClN3O5/c1-23(2,3)32-22(31)25-13-5-4-10-26(11-13)17-9-8-15-19(18(17)24)27(14-6-7-14)12-16(20(15)28)21(29)30/h8-9,12-14H,4-7,10-11H2,1-3H3,(H,25,31)(H,29,30)/t13-/m0/s1. The van der Waals surface area contributed by atoms with Crippen molar-refractivity contribution in [2.45, 2.75) is 64.1 Å². The number of pyridine rings is 1.